The fourth-order valence-corrected chi connectivity index (χ4v) is 2.06. The molecular formula is C10H23OSi. The van der Waals surface area contributed by atoms with Crippen LogP contribution in [-0.4, -0.2) is 17.1 Å². The minimum absolute atomic E-state index is 0.388. The Kier molecular flexibility index (Phi) is 5.10. The maximum Gasteiger partial charge on any atom is 0.145 e. The van der Waals surface area contributed by atoms with Gasteiger partial charge in [0, 0.05) is 6.61 Å². The second-order valence-corrected chi connectivity index (χ2v) is 5.35. The average Bonchev–Trinajstić information content (AvgIpc) is 1.84. The van der Waals surface area contributed by atoms with Crippen LogP contribution in [0.4, 0.5) is 0 Å². The van der Waals surface area contributed by atoms with Gasteiger partial charge in [0.1, 0.15) is 10.5 Å². The van der Waals surface area contributed by atoms with Gasteiger partial charge in [0.25, 0.3) is 0 Å². The molecule has 2 heteroatoms. The van der Waals surface area contributed by atoms with Gasteiger partial charge in [0.15, 0.2) is 0 Å². The first-order valence-corrected chi connectivity index (χ1v) is 5.50. The van der Waals surface area contributed by atoms with Crippen LogP contribution in [0.2, 0.25) is 0 Å². The Labute approximate surface area is 80.4 Å². The summed E-state index contributed by atoms with van der Waals surface area (Å²) in [7, 11) is 0.868. The molecule has 0 saturated carbocycles. The summed E-state index contributed by atoms with van der Waals surface area (Å²) < 4.78 is 5.24. The molecule has 0 aromatic rings. The normalized spacial score (nSPS) is 15.5. The predicted octanol–water partition coefficient (Wildman–Crippen LogP) is 1.95. The maximum atomic E-state index is 5.24. The molecule has 0 aromatic carbocycles. The quantitative estimate of drug-likeness (QED) is 0.611. The molecular weight excluding hydrogens is 164 g/mol. The van der Waals surface area contributed by atoms with E-state index in [0.29, 0.717) is 11.3 Å². The molecule has 12 heavy (non-hydrogen) atoms. The molecule has 0 aliphatic heterocycles. The predicted molar refractivity (Wildman–Crippen MR) is 58.0 cm³/mol. The van der Waals surface area contributed by atoms with Crippen LogP contribution in [0.15, 0.2) is 0 Å². The van der Waals surface area contributed by atoms with E-state index in [4.69, 9.17) is 4.43 Å². The lowest BCUT2D eigenvalue weighted by Crippen LogP contribution is -2.25. The Hall–Kier alpha value is 0.177. The highest BCUT2D eigenvalue weighted by Gasteiger charge is 2.26. The van der Waals surface area contributed by atoms with Crippen molar-refractivity contribution in [3.05, 3.63) is 5.92 Å². The SMILES string of the molecule is C[C](C)C(CCO[SiH3])C(C)(C)C. The van der Waals surface area contributed by atoms with E-state index in [1.807, 2.05) is 0 Å². The molecule has 0 bridgehead atoms. The van der Waals surface area contributed by atoms with Crippen molar-refractivity contribution in [2.24, 2.45) is 11.3 Å². The third-order valence-electron chi connectivity index (χ3n) is 2.35. The monoisotopic (exact) mass is 187 g/mol. The van der Waals surface area contributed by atoms with E-state index in [-0.39, 0.29) is 0 Å². The van der Waals surface area contributed by atoms with Crippen molar-refractivity contribution in [2.75, 3.05) is 6.61 Å². The van der Waals surface area contributed by atoms with Gasteiger partial charge in [0.2, 0.25) is 0 Å². The van der Waals surface area contributed by atoms with E-state index in [9.17, 15) is 0 Å². The molecule has 0 aromatic heterocycles. The molecule has 0 heterocycles. The van der Waals surface area contributed by atoms with Crippen LogP contribution in [0.3, 0.4) is 0 Å². The Bertz CT molecular complexity index is 115. The molecule has 1 unspecified atom stereocenters. The Morgan fingerprint density at radius 3 is 2.08 bits per heavy atom. The van der Waals surface area contributed by atoms with Crippen LogP contribution in [-0.2, 0) is 4.43 Å². The summed E-state index contributed by atoms with van der Waals surface area (Å²) in [5.74, 6) is 2.23. The summed E-state index contributed by atoms with van der Waals surface area (Å²) in [5, 5.41) is 0. The van der Waals surface area contributed by atoms with Gasteiger partial charge in [-0.1, -0.05) is 34.6 Å². The highest BCUT2D eigenvalue weighted by Crippen LogP contribution is 2.35. The fraction of sp³-hybridized carbons (Fsp3) is 0.900. The van der Waals surface area contributed by atoms with Crippen LogP contribution in [0.5, 0.6) is 0 Å². The summed E-state index contributed by atoms with van der Waals surface area (Å²) in [6.07, 6.45) is 1.18. The van der Waals surface area contributed by atoms with Crippen LogP contribution >= 0.6 is 0 Å². The highest BCUT2D eigenvalue weighted by molar-refractivity contribution is 5.97. The zero-order chi connectivity index (χ0) is 9.78. The van der Waals surface area contributed by atoms with Crippen LogP contribution in [0.25, 0.3) is 0 Å². The van der Waals surface area contributed by atoms with Crippen molar-refractivity contribution < 1.29 is 4.43 Å². The van der Waals surface area contributed by atoms with Crippen LogP contribution in [0.1, 0.15) is 41.0 Å². The molecule has 1 atom stereocenters. The van der Waals surface area contributed by atoms with Crippen LogP contribution in [0, 0.1) is 17.3 Å². The van der Waals surface area contributed by atoms with Gasteiger partial charge in [-0.3, -0.25) is 0 Å². The van der Waals surface area contributed by atoms with Crippen molar-refractivity contribution in [2.45, 2.75) is 41.0 Å². The first-order valence-electron chi connectivity index (χ1n) is 4.68. The second-order valence-electron chi connectivity index (χ2n) is 4.78. The summed E-state index contributed by atoms with van der Waals surface area (Å²) in [6, 6.07) is 0. The van der Waals surface area contributed by atoms with E-state index in [1.54, 1.807) is 0 Å². The molecule has 73 valence electrons. The lowest BCUT2D eigenvalue weighted by atomic mass is 9.73. The minimum Gasteiger partial charge on any atom is -0.428 e. The van der Waals surface area contributed by atoms with Crippen molar-refractivity contribution >= 4 is 10.5 Å². The molecule has 1 nitrogen and oxygen atoms in total. The Balaban J connectivity index is 4.05. The molecule has 0 amide bonds. The van der Waals surface area contributed by atoms with E-state index in [2.05, 4.69) is 34.6 Å². The zero-order valence-corrected chi connectivity index (χ0v) is 11.4. The van der Waals surface area contributed by atoms with Crippen molar-refractivity contribution in [1.29, 1.82) is 0 Å². The van der Waals surface area contributed by atoms with Gasteiger partial charge in [-0.2, -0.15) is 0 Å². The van der Waals surface area contributed by atoms with Crippen molar-refractivity contribution in [3.8, 4) is 0 Å². The van der Waals surface area contributed by atoms with Gasteiger partial charge < -0.3 is 4.43 Å². The first kappa shape index (κ1) is 12.2. The number of rotatable bonds is 4. The van der Waals surface area contributed by atoms with Crippen molar-refractivity contribution in [1.82, 2.24) is 0 Å². The largest absolute Gasteiger partial charge is 0.428 e. The highest BCUT2D eigenvalue weighted by atomic mass is 28.2. The Morgan fingerprint density at radius 1 is 1.33 bits per heavy atom. The third kappa shape index (κ3) is 4.26. The number of hydrogen-bond acceptors (Lipinski definition) is 1. The molecule has 0 fully saturated rings. The summed E-state index contributed by atoms with van der Waals surface area (Å²) in [4.78, 5) is 0. The summed E-state index contributed by atoms with van der Waals surface area (Å²) in [6.45, 7) is 12.3. The standard InChI is InChI=1S/C10H23OSi/c1-8(2)9(6-7-11-12)10(3,4)5/h9H,6-7H2,1-5,12H3. The maximum absolute atomic E-state index is 5.24. The van der Waals surface area contributed by atoms with Gasteiger partial charge in [-0.25, -0.2) is 0 Å². The molecule has 0 spiro atoms. The lowest BCUT2D eigenvalue weighted by Gasteiger charge is -2.33. The van der Waals surface area contributed by atoms with Gasteiger partial charge >= 0.3 is 0 Å². The van der Waals surface area contributed by atoms with Crippen LogP contribution < -0.4 is 0 Å². The second kappa shape index (κ2) is 5.03. The molecule has 0 aliphatic rings. The van der Waals surface area contributed by atoms with Crippen molar-refractivity contribution in [3.63, 3.8) is 0 Å². The van der Waals surface area contributed by atoms with E-state index in [0.717, 1.165) is 17.1 Å². The lowest BCUT2D eigenvalue weighted by molar-refractivity contribution is 0.200. The molecule has 0 aliphatic carbocycles. The van der Waals surface area contributed by atoms with Gasteiger partial charge in [-0.15, -0.1) is 0 Å². The molecule has 0 rings (SSSR count). The minimum atomic E-state index is 0.388. The Morgan fingerprint density at radius 2 is 1.83 bits per heavy atom. The summed E-state index contributed by atoms with van der Waals surface area (Å²) in [5.41, 5.74) is 0.388. The van der Waals surface area contributed by atoms with Gasteiger partial charge in [-0.05, 0) is 23.7 Å². The smallest absolute Gasteiger partial charge is 0.145 e. The van der Waals surface area contributed by atoms with E-state index in [1.165, 1.54) is 12.3 Å². The molecule has 1 radical (unpaired) electrons. The van der Waals surface area contributed by atoms with Gasteiger partial charge in [0.05, 0.1) is 0 Å². The summed E-state index contributed by atoms with van der Waals surface area (Å²) >= 11 is 0. The van der Waals surface area contributed by atoms with E-state index >= 15 is 0 Å². The number of hydrogen-bond donors (Lipinski definition) is 0. The fourth-order valence-electron chi connectivity index (χ4n) is 1.82. The zero-order valence-electron chi connectivity index (χ0n) is 9.40. The van der Waals surface area contributed by atoms with E-state index < -0.39 is 0 Å². The topological polar surface area (TPSA) is 9.23 Å². The molecule has 0 N–H and O–H groups in total. The molecule has 0 saturated heterocycles. The third-order valence-corrected chi connectivity index (χ3v) is 2.76. The first-order chi connectivity index (χ1) is 5.39. The average molecular weight is 187 g/mol.